The minimum absolute atomic E-state index is 0.0781. The van der Waals surface area contributed by atoms with Crippen molar-refractivity contribution in [3.05, 3.63) is 35.4 Å². The van der Waals surface area contributed by atoms with Crippen LogP contribution in [0.15, 0.2) is 18.2 Å². The van der Waals surface area contributed by atoms with Crippen molar-refractivity contribution in [1.29, 1.82) is 0 Å². The van der Waals surface area contributed by atoms with E-state index in [4.69, 9.17) is 4.74 Å². The van der Waals surface area contributed by atoms with Crippen molar-refractivity contribution in [1.82, 2.24) is 9.80 Å². The number of hydrogen-bond donors (Lipinski definition) is 0. The van der Waals surface area contributed by atoms with Crippen LogP contribution in [0.2, 0.25) is 0 Å². The molecule has 0 atom stereocenters. The molecule has 0 spiro atoms. The van der Waals surface area contributed by atoms with E-state index < -0.39 is 11.6 Å². The van der Waals surface area contributed by atoms with E-state index in [1.165, 1.54) is 12.1 Å². The van der Waals surface area contributed by atoms with Crippen LogP contribution in [0.1, 0.15) is 18.4 Å². The lowest BCUT2D eigenvalue weighted by molar-refractivity contribution is -0.141. The molecule has 1 aromatic carbocycles. The van der Waals surface area contributed by atoms with E-state index >= 15 is 0 Å². The molecular formula is C17H22F2N2O2. The van der Waals surface area contributed by atoms with Crippen LogP contribution in [-0.2, 0) is 16.1 Å². The third kappa shape index (κ3) is 4.06. The van der Waals surface area contributed by atoms with Crippen LogP contribution in [0.25, 0.3) is 0 Å². The monoisotopic (exact) mass is 324 g/mol. The zero-order valence-electron chi connectivity index (χ0n) is 13.1. The molecule has 2 saturated heterocycles. The third-order valence-electron chi connectivity index (χ3n) is 4.65. The first-order valence-electron chi connectivity index (χ1n) is 8.16. The Labute approximate surface area is 135 Å². The van der Waals surface area contributed by atoms with Gasteiger partial charge < -0.3 is 9.64 Å². The van der Waals surface area contributed by atoms with Gasteiger partial charge in [-0.3, -0.25) is 9.69 Å². The summed E-state index contributed by atoms with van der Waals surface area (Å²) in [6.45, 7) is 4.83. The highest BCUT2D eigenvalue weighted by atomic mass is 19.2. The lowest BCUT2D eigenvalue weighted by Crippen LogP contribution is -2.46. The number of carbonyl (C=O) groups is 1. The van der Waals surface area contributed by atoms with Gasteiger partial charge in [-0.05, 0) is 43.6 Å². The Morgan fingerprint density at radius 3 is 2.43 bits per heavy atom. The maximum absolute atomic E-state index is 13.3. The normalized spacial score (nSPS) is 20.7. The summed E-state index contributed by atoms with van der Waals surface area (Å²) in [4.78, 5) is 16.6. The standard InChI is InChI=1S/C17H22F2N2O2/c18-15-2-1-13(11-16(15)19)12-20-5-3-14(4-6-20)17(22)21-7-9-23-10-8-21/h1-2,11,14H,3-10,12H2. The van der Waals surface area contributed by atoms with Gasteiger partial charge in [0.15, 0.2) is 11.6 Å². The lowest BCUT2D eigenvalue weighted by atomic mass is 9.94. The molecule has 0 unspecified atom stereocenters. The Bertz CT molecular complexity index is 554. The molecule has 2 fully saturated rings. The van der Waals surface area contributed by atoms with Gasteiger partial charge >= 0.3 is 0 Å². The Hall–Kier alpha value is -1.53. The maximum atomic E-state index is 13.3. The summed E-state index contributed by atoms with van der Waals surface area (Å²) in [7, 11) is 0. The van der Waals surface area contributed by atoms with Crippen LogP contribution in [0.4, 0.5) is 8.78 Å². The van der Waals surface area contributed by atoms with Gasteiger partial charge in [-0.25, -0.2) is 8.78 Å². The Morgan fingerprint density at radius 1 is 1.09 bits per heavy atom. The van der Waals surface area contributed by atoms with E-state index in [0.717, 1.165) is 31.5 Å². The number of amides is 1. The molecule has 0 aromatic heterocycles. The molecule has 1 aromatic rings. The predicted octanol–water partition coefficient (Wildman–Crippen LogP) is 2.04. The molecule has 1 amide bonds. The number of nitrogens with zero attached hydrogens (tertiary/aromatic N) is 2. The quantitative estimate of drug-likeness (QED) is 0.853. The molecule has 2 heterocycles. The zero-order chi connectivity index (χ0) is 16.2. The SMILES string of the molecule is O=C(C1CCN(Cc2ccc(F)c(F)c2)CC1)N1CCOCC1. The van der Waals surface area contributed by atoms with Crippen molar-refractivity contribution in [2.45, 2.75) is 19.4 Å². The first-order chi connectivity index (χ1) is 11.1. The number of likely N-dealkylation sites (tertiary alicyclic amines) is 1. The molecule has 0 saturated carbocycles. The van der Waals surface area contributed by atoms with Crippen LogP contribution >= 0.6 is 0 Å². The molecule has 2 aliphatic heterocycles. The Kier molecular flexibility index (Phi) is 5.23. The van der Waals surface area contributed by atoms with E-state index in [2.05, 4.69) is 4.90 Å². The number of hydrogen-bond acceptors (Lipinski definition) is 3. The molecule has 0 radical (unpaired) electrons. The van der Waals surface area contributed by atoms with Crippen LogP contribution in [0.5, 0.6) is 0 Å². The number of rotatable bonds is 3. The highest BCUT2D eigenvalue weighted by molar-refractivity contribution is 5.79. The molecule has 0 N–H and O–H groups in total. The van der Waals surface area contributed by atoms with E-state index in [9.17, 15) is 13.6 Å². The summed E-state index contributed by atoms with van der Waals surface area (Å²) < 4.78 is 31.5. The van der Waals surface area contributed by atoms with Crippen molar-refractivity contribution >= 4 is 5.91 Å². The molecule has 6 heteroatoms. The number of halogens is 2. The maximum Gasteiger partial charge on any atom is 0.225 e. The predicted molar refractivity (Wildman–Crippen MR) is 81.8 cm³/mol. The number of carbonyl (C=O) groups excluding carboxylic acids is 1. The van der Waals surface area contributed by atoms with Crippen LogP contribution in [-0.4, -0.2) is 55.1 Å². The van der Waals surface area contributed by atoms with Crippen molar-refractivity contribution in [2.75, 3.05) is 39.4 Å². The molecule has 0 aliphatic carbocycles. The average molecular weight is 324 g/mol. The molecule has 126 valence electrons. The van der Waals surface area contributed by atoms with Crippen molar-refractivity contribution in [2.24, 2.45) is 5.92 Å². The van der Waals surface area contributed by atoms with Crippen LogP contribution in [0.3, 0.4) is 0 Å². The van der Waals surface area contributed by atoms with E-state index in [0.29, 0.717) is 32.8 Å². The molecular weight excluding hydrogens is 302 g/mol. The number of ether oxygens (including phenoxy) is 1. The van der Waals surface area contributed by atoms with Crippen molar-refractivity contribution < 1.29 is 18.3 Å². The van der Waals surface area contributed by atoms with Gasteiger partial charge in [0, 0.05) is 25.6 Å². The van der Waals surface area contributed by atoms with Crippen molar-refractivity contribution in [3.8, 4) is 0 Å². The zero-order valence-corrected chi connectivity index (χ0v) is 13.1. The van der Waals surface area contributed by atoms with Gasteiger partial charge in [-0.2, -0.15) is 0 Å². The summed E-state index contributed by atoms with van der Waals surface area (Å²) in [6.07, 6.45) is 1.64. The number of morpholine rings is 1. The number of piperidine rings is 1. The summed E-state index contributed by atoms with van der Waals surface area (Å²) in [5.41, 5.74) is 0.766. The molecule has 2 aliphatic rings. The fourth-order valence-electron chi connectivity index (χ4n) is 3.28. The second kappa shape index (κ2) is 7.36. The molecule has 3 rings (SSSR count). The topological polar surface area (TPSA) is 32.8 Å². The van der Waals surface area contributed by atoms with Gasteiger partial charge in [0.2, 0.25) is 5.91 Å². The van der Waals surface area contributed by atoms with E-state index in [1.54, 1.807) is 6.07 Å². The van der Waals surface area contributed by atoms with Gasteiger partial charge in [0.25, 0.3) is 0 Å². The minimum atomic E-state index is -0.816. The minimum Gasteiger partial charge on any atom is -0.378 e. The highest BCUT2D eigenvalue weighted by Gasteiger charge is 2.29. The molecule has 0 bridgehead atoms. The lowest BCUT2D eigenvalue weighted by Gasteiger charge is -2.35. The molecule has 4 nitrogen and oxygen atoms in total. The Balaban J connectivity index is 1.49. The third-order valence-corrected chi connectivity index (χ3v) is 4.65. The van der Waals surface area contributed by atoms with Gasteiger partial charge in [-0.15, -0.1) is 0 Å². The summed E-state index contributed by atoms with van der Waals surface area (Å²) >= 11 is 0. The highest BCUT2D eigenvalue weighted by Crippen LogP contribution is 2.22. The van der Waals surface area contributed by atoms with Crippen LogP contribution < -0.4 is 0 Å². The van der Waals surface area contributed by atoms with Crippen molar-refractivity contribution in [3.63, 3.8) is 0 Å². The summed E-state index contributed by atoms with van der Waals surface area (Å²) in [5, 5.41) is 0. The van der Waals surface area contributed by atoms with Gasteiger partial charge in [-0.1, -0.05) is 6.07 Å². The largest absolute Gasteiger partial charge is 0.378 e. The summed E-state index contributed by atoms with van der Waals surface area (Å²) in [5.74, 6) is -1.31. The summed E-state index contributed by atoms with van der Waals surface area (Å²) in [6, 6.07) is 4.03. The fraction of sp³-hybridized carbons (Fsp3) is 0.588. The van der Waals surface area contributed by atoms with E-state index in [-0.39, 0.29) is 11.8 Å². The van der Waals surface area contributed by atoms with Gasteiger partial charge in [0.05, 0.1) is 13.2 Å². The first-order valence-corrected chi connectivity index (χ1v) is 8.16. The van der Waals surface area contributed by atoms with Gasteiger partial charge in [0.1, 0.15) is 0 Å². The second-order valence-electron chi connectivity index (χ2n) is 6.24. The smallest absolute Gasteiger partial charge is 0.225 e. The Morgan fingerprint density at radius 2 is 1.78 bits per heavy atom. The van der Waals surface area contributed by atoms with E-state index in [1.807, 2.05) is 4.90 Å². The molecule has 23 heavy (non-hydrogen) atoms. The van der Waals surface area contributed by atoms with Crippen LogP contribution in [0, 0.1) is 17.6 Å². The average Bonchev–Trinajstić information content (AvgIpc) is 2.59. The second-order valence-corrected chi connectivity index (χ2v) is 6.24. The first kappa shape index (κ1) is 16.3. The number of benzene rings is 1. The fourth-order valence-corrected chi connectivity index (χ4v) is 3.28.